The van der Waals surface area contributed by atoms with Crippen molar-refractivity contribution in [3.8, 4) is 0 Å². The van der Waals surface area contributed by atoms with Crippen molar-refractivity contribution in [1.82, 2.24) is 0 Å². The van der Waals surface area contributed by atoms with E-state index in [9.17, 15) is 9.90 Å². The molecule has 0 amide bonds. The summed E-state index contributed by atoms with van der Waals surface area (Å²) in [4.78, 5) is 12.2. The quantitative estimate of drug-likeness (QED) is 0.695. The van der Waals surface area contributed by atoms with Crippen molar-refractivity contribution in [3.05, 3.63) is 12.2 Å². The fraction of sp³-hybridized carbons (Fsp3) is 0.812. The van der Waals surface area contributed by atoms with E-state index in [4.69, 9.17) is 4.43 Å². The number of carbonyl (C=O) groups is 1. The predicted molar refractivity (Wildman–Crippen MR) is 85.2 cm³/mol. The van der Waals surface area contributed by atoms with E-state index in [1.54, 1.807) is 6.08 Å². The van der Waals surface area contributed by atoms with Crippen LogP contribution in [0.4, 0.5) is 0 Å². The van der Waals surface area contributed by atoms with Gasteiger partial charge in [0.05, 0.1) is 17.6 Å². The van der Waals surface area contributed by atoms with Gasteiger partial charge in [0.1, 0.15) is 0 Å². The second kappa shape index (κ2) is 7.01. The standard InChI is InChI=1S/C16H30O3Si/c1-6-8-11-16(19-20(3,4)5)12-10-14(18)15(16)13(17)9-7-2/h10,12-13,15,17H,6-9,11H2,1-5H3. The van der Waals surface area contributed by atoms with Crippen LogP contribution >= 0.6 is 0 Å². The maximum atomic E-state index is 12.2. The molecule has 0 saturated carbocycles. The third-order valence-electron chi connectivity index (χ3n) is 3.75. The Morgan fingerprint density at radius 1 is 1.35 bits per heavy atom. The molecular formula is C16H30O3Si. The van der Waals surface area contributed by atoms with Gasteiger partial charge in [-0.2, -0.15) is 0 Å². The summed E-state index contributed by atoms with van der Waals surface area (Å²) in [5.74, 6) is -0.388. The van der Waals surface area contributed by atoms with Crippen molar-refractivity contribution in [1.29, 1.82) is 0 Å². The summed E-state index contributed by atoms with van der Waals surface area (Å²) < 4.78 is 6.41. The highest BCUT2D eigenvalue weighted by molar-refractivity contribution is 6.69. The summed E-state index contributed by atoms with van der Waals surface area (Å²) in [6.45, 7) is 10.6. The Labute approximate surface area is 124 Å². The lowest BCUT2D eigenvalue weighted by Crippen LogP contribution is -2.50. The number of aliphatic hydroxyl groups excluding tert-OH is 1. The smallest absolute Gasteiger partial charge is 0.184 e. The normalized spacial score (nSPS) is 28.1. The number of rotatable bonds is 8. The topological polar surface area (TPSA) is 46.5 Å². The first kappa shape index (κ1) is 17.6. The van der Waals surface area contributed by atoms with Crippen LogP contribution < -0.4 is 0 Å². The van der Waals surface area contributed by atoms with Crippen LogP contribution in [0.2, 0.25) is 19.6 Å². The molecule has 0 spiro atoms. The lowest BCUT2D eigenvalue weighted by molar-refractivity contribution is -0.128. The van der Waals surface area contributed by atoms with Gasteiger partial charge in [0.15, 0.2) is 14.1 Å². The predicted octanol–water partition coefficient (Wildman–Crippen LogP) is 3.68. The largest absolute Gasteiger partial charge is 0.408 e. The monoisotopic (exact) mass is 298 g/mol. The molecule has 3 nitrogen and oxygen atoms in total. The van der Waals surface area contributed by atoms with E-state index in [-0.39, 0.29) is 5.78 Å². The van der Waals surface area contributed by atoms with E-state index in [0.29, 0.717) is 6.42 Å². The average molecular weight is 298 g/mol. The van der Waals surface area contributed by atoms with Gasteiger partial charge in [0.25, 0.3) is 0 Å². The van der Waals surface area contributed by atoms with Gasteiger partial charge in [-0.3, -0.25) is 4.79 Å². The molecule has 0 aliphatic heterocycles. The van der Waals surface area contributed by atoms with Crippen molar-refractivity contribution in [2.45, 2.75) is 77.3 Å². The van der Waals surface area contributed by atoms with Gasteiger partial charge < -0.3 is 9.53 Å². The van der Waals surface area contributed by atoms with Crippen LogP contribution in [0.1, 0.15) is 46.0 Å². The molecule has 0 radical (unpaired) electrons. The highest BCUT2D eigenvalue weighted by Crippen LogP contribution is 2.40. The number of carbonyl (C=O) groups excluding carboxylic acids is 1. The van der Waals surface area contributed by atoms with E-state index < -0.39 is 25.9 Å². The molecule has 1 N–H and O–H groups in total. The molecular weight excluding hydrogens is 268 g/mol. The van der Waals surface area contributed by atoms with Crippen LogP contribution in [0.15, 0.2) is 12.2 Å². The molecule has 0 bridgehead atoms. The fourth-order valence-electron chi connectivity index (χ4n) is 3.06. The molecule has 0 aromatic rings. The van der Waals surface area contributed by atoms with Crippen molar-refractivity contribution >= 4 is 14.1 Å². The first-order chi connectivity index (χ1) is 9.25. The summed E-state index contributed by atoms with van der Waals surface area (Å²) in [5.41, 5.74) is -0.577. The van der Waals surface area contributed by atoms with Gasteiger partial charge in [-0.15, -0.1) is 0 Å². The van der Waals surface area contributed by atoms with E-state index in [2.05, 4.69) is 26.6 Å². The third-order valence-corrected chi connectivity index (χ3v) is 4.74. The minimum Gasteiger partial charge on any atom is -0.408 e. The van der Waals surface area contributed by atoms with Gasteiger partial charge in [-0.25, -0.2) is 0 Å². The number of hydrogen-bond acceptors (Lipinski definition) is 3. The van der Waals surface area contributed by atoms with Crippen molar-refractivity contribution in [2.75, 3.05) is 0 Å². The van der Waals surface area contributed by atoms with Crippen LogP contribution in [0.5, 0.6) is 0 Å². The van der Waals surface area contributed by atoms with Gasteiger partial charge in [-0.1, -0.05) is 33.1 Å². The van der Waals surface area contributed by atoms with Crippen LogP contribution in [-0.4, -0.2) is 30.9 Å². The van der Waals surface area contributed by atoms with Crippen molar-refractivity contribution in [3.63, 3.8) is 0 Å². The van der Waals surface area contributed by atoms with Gasteiger partial charge in [0.2, 0.25) is 0 Å². The van der Waals surface area contributed by atoms with Crippen LogP contribution in [-0.2, 0) is 9.22 Å². The second-order valence-electron chi connectivity index (χ2n) is 6.84. The lowest BCUT2D eigenvalue weighted by Gasteiger charge is -2.41. The fourth-order valence-corrected chi connectivity index (χ4v) is 4.50. The Kier molecular flexibility index (Phi) is 6.17. The van der Waals surface area contributed by atoms with E-state index >= 15 is 0 Å². The molecule has 0 aromatic carbocycles. The molecule has 0 aromatic heterocycles. The second-order valence-corrected chi connectivity index (χ2v) is 11.3. The molecule has 1 aliphatic carbocycles. The molecule has 1 aliphatic rings. The van der Waals surface area contributed by atoms with Crippen LogP contribution in [0.3, 0.4) is 0 Å². The molecule has 20 heavy (non-hydrogen) atoms. The molecule has 0 heterocycles. The molecule has 3 unspecified atom stereocenters. The summed E-state index contributed by atoms with van der Waals surface area (Å²) in [5, 5.41) is 10.4. The zero-order valence-corrected chi connectivity index (χ0v) is 14.6. The Morgan fingerprint density at radius 2 is 2.00 bits per heavy atom. The van der Waals surface area contributed by atoms with E-state index in [1.807, 2.05) is 13.0 Å². The van der Waals surface area contributed by atoms with E-state index in [0.717, 1.165) is 25.7 Å². The van der Waals surface area contributed by atoms with E-state index in [1.165, 1.54) is 0 Å². The lowest BCUT2D eigenvalue weighted by atomic mass is 9.80. The maximum Gasteiger partial charge on any atom is 0.184 e. The molecule has 1 rings (SSSR count). The van der Waals surface area contributed by atoms with Crippen molar-refractivity contribution < 1.29 is 14.3 Å². The van der Waals surface area contributed by atoms with Crippen LogP contribution in [0.25, 0.3) is 0 Å². The number of ketones is 1. The first-order valence-corrected chi connectivity index (χ1v) is 11.3. The Morgan fingerprint density at radius 3 is 2.50 bits per heavy atom. The van der Waals surface area contributed by atoms with Crippen LogP contribution in [0, 0.1) is 5.92 Å². The highest BCUT2D eigenvalue weighted by Gasteiger charge is 2.49. The minimum absolute atomic E-state index is 0.0281. The Bertz CT molecular complexity index is 359. The number of allylic oxidation sites excluding steroid dienone is 1. The highest BCUT2D eigenvalue weighted by atomic mass is 28.4. The SMILES string of the molecule is CCCCC1(O[Si](C)(C)C)C=CC(=O)C1C(O)CCC. The Balaban J connectivity index is 3.04. The zero-order chi connectivity index (χ0) is 15.4. The molecule has 0 fully saturated rings. The summed E-state index contributed by atoms with van der Waals surface area (Å²) in [7, 11) is -1.80. The zero-order valence-electron chi connectivity index (χ0n) is 13.6. The molecule has 0 saturated heterocycles. The minimum atomic E-state index is -1.80. The number of hydrogen-bond donors (Lipinski definition) is 1. The van der Waals surface area contributed by atoms with Crippen molar-refractivity contribution in [2.24, 2.45) is 5.92 Å². The van der Waals surface area contributed by atoms with Gasteiger partial charge in [-0.05, 0) is 44.6 Å². The summed E-state index contributed by atoms with van der Waals surface area (Å²) >= 11 is 0. The molecule has 4 heteroatoms. The van der Waals surface area contributed by atoms with Gasteiger partial charge >= 0.3 is 0 Å². The molecule has 116 valence electrons. The third kappa shape index (κ3) is 4.27. The Hall–Kier alpha value is -0.453. The summed E-state index contributed by atoms with van der Waals surface area (Å²) in [6, 6.07) is 0. The average Bonchev–Trinajstić information content (AvgIpc) is 2.62. The first-order valence-electron chi connectivity index (χ1n) is 7.87. The van der Waals surface area contributed by atoms with Gasteiger partial charge in [0, 0.05) is 0 Å². The number of unbranched alkanes of at least 4 members (excludes halogenated alkanes) is 1. The molecule has 3 atom stereocenters. The number of aliphatic hydroxyl groups is 1. The maximum absolute atomic E-state index is 12.2. The summed E-state index contributed by atoms with van der Waals surface area (Å²) in [6.07, 6.45) is 7.37.